The number of ether oxygens (including phenoxy) is 1. The minimum Gasteiger partial charge on any atom is -0.421 e. The van der Waals surface area contributed by atoms with Crippen molar-refractivity contribution in [2.24, 2.45) is 0 Å². The van der Waals surface area contributed by atoms with Crippen LogP contribution in [0.5, 0.6) is 11.8 Å². The third-order valence-electron chi connectivity index (χ3n) is 2.83. The molecule has 0 atom stereocenters. The zero-order valence-electron chi connectivity index (χ0n) is 11.5. The summed E-state index contributed by atoms with van der Waals surface area (Å²) in [6.07, 6.45) is 6.16. The van der Waals surface area contributed by atoms with Gasteiger partial charge >= 0.3 is 6.01 Å². The van der Waals surface area contributed by atoms with Gasteiger partial charge in [-0.1, -0.05) is 18.2 Å². The van der Waals surface area contributed by atoms with E-state index in [1.54, 1.807) is 24.7 Å². The number of thiol groups is 1. The number of anilines is 1. The first-order chi connectivity index (χ1) is 10.8. The number of benzene rings is 1. The van der Waals surface area contributed by atoms with E-state index in [9.17, 15) is 0 Å². The first-order valence-electron chi connectivity index (χ1n) is 6.58. The molecule has 0 aliphatic carbocycles. The Bertz CT molecular complexity index is 754. The first kappa shape index (κ1) is 14.3. The van der Waals surface area contributed by atoms with Crippen molar-refractivity contribution in [1.82, 2.24) is 19.9 Å². The molecule has 110 valence electrons. The van der Waals surface area contributed by atoms with Crippen LogP contribution in [0.3, 0.4) is 0 Å². The molecular formula is C15H13N5OS. The molecule has 0 aliphatic heterocycles. The van der Waals surface area contributed by atoms with Gasteiger partial charge in [0.25, 0.3) is 0 Å². The van der Waals surface area contributed by atoms with Crippen molar-refractivity contribution in [2.75, 3.05) is 5.32 Å². The van der Waals surface area contributed by atoms with Crippen LogP contribution < -0.4 is 10.1 Å². The number of rotatable bonds is 5. The molecule has 7 heteroatoms. The van der Waals surface area contributed by atoms with Gasteiger partial charge in [0, 0.05) is 17.6 Å². The van der Waals surface area contributed by atoms with Crippen LogP contribution in [0.15, 0.2) is 60.1 Å². The van der Waals surface area contributed by atoms with Crippen LogP contribution >= 0.6 is 12.6 Å². The third-order valence-corrected chi connectivity index (χ3v) is 3.27. The van der Waals surface area contributed by atoms with E-state index < -0.39 is 0 Å². The summed E-state index contributed by atoms with van der Waals surface area (Å²) in [4.78, 5) is 17.0. The number of hydrogen-bond acceptors (Lipinski definition) is 7. The van der Waals surface area contributed by atoms with Gasteiger partial charge in [0.15, 0.2) is 5.75 Å². The summed E-state index contributed by atoms with van der Waals surface area (Å²) in [5.41, 5.74) is 1.09. The predicted octanol–water partition coefficient (Wildman–Crippen LogP) is 2.96. The molecule has 0 aliphatic rings. The fraction of sp³-hybridized carbons (Fsp3) is 0.0667. The van der Waals surface area contributed by atoms with E-state index in [4.69, 9.17) is 4.74 Å². The highest BCUT2D eigenvalue weighted by atomic mass is 32.1. The maximum atomic E-state index is 5.49. The normalized spacial score (nSPS) is 10.2. The van der Waals surface area contributed by atoms with Crippen molar-refractivity contribution < 1.29 is 4.74 Å². The minimum absolute atomic E-state index is 0.235. The molecular weight excluding hydrogens is 298 g/mol. The zero-order chi connectivity index (χ0) is 15.2. The van der Waals surface area contributed by atoms with Gasteiger partial charge in [-0.2, -0.15) is 4.98 Å². The van der Waals surface area contributed by atoms with Gasteiger partial charge in [0.1, 0.15) is 12.1 Å². The molecule has 6 nitrogen and oxygen atoms in total. The van der Waals surface area contributed by atoms with E-state index in [2.05, 4.69) is 37.9 Å². The van der Waals surface area contributed by atoms with Crippen LogP contribution in [0.1, 0.15) is 5.56 Å². The van der Waals surface area contributed by atoms with Gasteiger partial charge in [-0.05, 0) is 17.7 Å². The first-order valence-corrected chi connectivity index (χ1v) is 7.02. The SMILES string of the molecule is Sc1ccccc1CNc1ccnc(Oc2cncnc2)n1. The summed E-state index contributed by atoms with van der Waals surface area (Å²) in [7, 11) is 0. The van der Waals surface area contributed by atoms with Crippen molar-refractivity contribution >= 4 is 18.4 Å². The third kappa shape index (κ3) is 3.70. The molecule has 0 radical (unpaired) electrons. The van der Waals surface area contributed by atoms with E-state index >= 15 is 0 Å². The predicted molar refractivity (Wildman–Crippen MR) is 85.2 cm³/mol. The summed E-state index contributed by atoms with van der Waals surface area (Å²) in [6.45, 7) is 0.616. The highest BCUT2D eigenvalue weighted by Gasteiger charge is 2.03. The molecule has 3 rings (SSSR count). The van der Waals surface area contributed by atoms with E-state index in [0.717, 1.165) is 10.5 Å². The van der Waals surface area contributed by atoms with Gasteiger partial charge in [-0.15, -0.1) is 12.6 Å². The van der Waals surface area contributed by atoms with Gasteiger partial charge in [-0.25, -0.2) is 15.0 Å². The van der Waals surface area contributed by atoms with Gasteiger partial charge < -0.3 is 10.1 Å². The van der Waals surface area contributed by atoms with Crippen LogP contribution in [0.25, 0.3) is 0 Å². The quantitative estimate of drug-likeness (QED) is 0.706. The van der Waals surface area contributed by atoms with E-state index in [-0.39, 0.29) is 6.01 Å². The Morgan fingerprint density at radius 3 is 2.73 bits per heavy atom. The van der Waals surface area contributed by atoms with E-state index in [0.29, 0.717) is 18.1 Å². The molecule has 0 unspecified atom stereocenters. The van der Waals surface area contributed by atoms with E-state index in [1.165, 1.54) is 6.33 Å². The molecule has 1 N–H and O–H groups in total. The molecule has 22 heavy (non-hydrogen) atoms. The van der Waals surface area contributed by atoms with Crippen molar-refractivity contribution in [1.29, 1.82) is 0 Å². The Morgan fingerprint density at radius 2 is 1.91 bits per heavy atom. The maximum Gasteiger partial charge on any atom is 0.323 e. The molecule has 0 amide bonds. The smallest absolute Gasteiger partial charge is 0.323 e. The Labute approximate surface area is 133 Å². The summed E-state index contributed by atoms with van der Waals surface area (Å²) < 4.78 is 5.49. The van der Waals surface area contributed by atoms with Crippen molar-refractivity contribution in [3.8, 4) is 11.8 Å². The molecule has 2 aromatic heterocycles. The molecule has 2 heterocycles. The average molecular weight is 311 g/mol. The van der Waals surface area contributed by atoms with Crippen LogP contribution in [-0.4, -0.2) is 19.9 Å². The number of nitrogens with one attached hydrogen (secondary N) is 1. The monoisotopic (exact) mass is 311 g/mol. The summed E-state index contributed by atoms with van der Waals surface area (Å²) >= 11 is 4.42. The molecule has 1 aromatic carbocycles. The molecule has 0 saturated carbocycles. The highest BCUT2D eigenvalue weighted by molar-refractivity contribution is 7.80. The molecule has 0 bridgehead atoms. The second kappa shape index (κ2) is 6.86. The highest BCUT2D eigenvalue weighted by Crippen LogP contribution is 2.18. The fourth-order valence-electron chi connectivity index (χ4n) is 1.78. The average Bonchev–Trinajstić information content (AvgIpc) is 2.55. The molecule has 0 spiro atoms. The topological polar surface area (TPSA) is 72.8 Å². The Hall–Kier alpha value is -2.67. The van der Waals surface area contributed by atoms with Crippen molar-refractivity contribution in [3.05, 3.63) is 60.8 Å². The lowest BCUT2D eigenvalue weighted by molar-refractivity contribution is 0.438. The molecule has 0 saturated heterocycles. The number of aromatic nitrogens is 4. The van der Waals surface area contributed by atoms with Crippen molar-refractivity contribution in [2.45, 2.75) is 11.4 Å². The maximum absolute atomic E-state index is 5.49. The lowest BCUT2D eigenvalue weighted by atomic mass is 10.2. The zero-order valence-corrected chi connectivity index (χ0v) is 12.4. The van der Waals surface area contributed by atoms with Crippen LogP contribution in [-0.2, 0) is 6.54 Å². The summed E-state index contributed by atoms with van der Waals surface area (Å²) in [6, 6.07) is 9.89. The number of nitrogens with zero attached hydrogens (tertiary/aromatic N) is 4. The van der Waals surface area contributed by atoms with E-state index in [1.807, 2.05) is 24.3 Å². The largest absolute Gasteiger partial charge is 0.421 e. The summed E-state index contributed by atoms with van der Waals surface area (Å²) in [5.74, 6) is 1.15. The number of hydrogen-bond donors (Lipinski definition) is 2. The summed E-state index contributed by atoms with van der Waals surface area (Å²) in [5, 5.41) is 3.22. The Balaban J connectivity index is 1.68. The lowest BCUT2D eigenvalue weighted by Gasteiger charge is -2.08. The molecule has 3 aromatic rings. The van der Waals surface area contributed by atoms with Crippen LogP contribution in [0.2, 0.25) is 0 Å². The second-order valence-corrected chi connectivity index (χ2v) is 4.86. The van der Waals surface area contributed by atoms with Crippen molar-refractivity contribution in [3.63, 3.8) is 0 Å². The molecule has 0 fully saturated rings. The Morgan fingerprint density at radius 1 is 1.09 bits per heavy atom. The second-order valence-electron chi connectivity index (χ2n) is 4.38. The fourth-order valence-corrected chi connectivity index (χ4v) is 2.02. The minimum atomic E-state index is 0.235. The lowest BCUT2D eigenvalue weighted by Crippen LogP contribution is -2.03. The Kier molecular flexibility index (Phi) is 4.45. The van der Waals surface area contributed by atoms with Gasteiger partial charge in [-0.3, -0.25) is 0 Å². The standard InChI is InChI=1S/C15H13N5OS/c22-13-4-2-1-3-11(13)7-19-14-5-6-18-15(20-14)21-12-8-16-10-17-9-12/h1-6,8-10,22H,7H2,(H,18,19,20). The van der Waals surface area contributed by atoms with Crippen LogP contribution in [0.4, 0.5) is 5.82 Å². The van der Waals surface area contributed by atoms with Crippen LogP contribution in [0, 0.1) is 0 Å². The van der Waals surface area contributed by atoms with Gasteiger partial charge in [0.2, 0.25) is 0 Å². The van der Waals surface area contributed by atoms with Gasteiger partial charge in [0.05, 0.1) is 12.4 Å².